The topological polar surface area (TPSA) is 277 Å². The van der Waals surface area contributed by atoms with Crippen LogP contribution in [-0.2, 0) is 89.1 Å². The third kappa shape index (κ3) is 17.3. The van der Waals surface area contributed by atoms with Gasteiger partial charge >= 0.3 is 35.8 Å². The Balaban J connectivity index is 0.000000140. The third-order valence-electron chi connectivity index (χ3n) is 19.6. The van der Waals surface area contributed by atoms with Crippen molar-refractivity contribution in [1.29, 1.82) is 0 Å². The summed E-state index contributed by atoms with van der Waals surface area (Å²) in [5, 5.41) is 48.5. The van der Waals surface area contributed by atoms with Gasteiger partial charge in [0.25, 0.3) is 0 Å². The summed E-state index contributed by atoms with van der Waals surface area (Å²) in [5.74, 6) is -3.55. The Bertz CT molecular complexity index is 3600. The number of rotatable bonds is 12. The molecule has 8 aliphatic rings. The van der Waals surface area contributed by atoms with Gasteiger partial charge in [-0.1, -0.05) is 246 Å². The van der Waals surface area contributed by atoms with Gasteiger partial charge in [-0.3, -0.25) is 0 Å². The average molecular weight is 1360 g/mol. The summed E-state index contributed by atoms with van der Waals surface area (Å²) < 4.78 is 43.8. The molecule has 6 aromatic rings. The van der Waals surface area contributed by atoms with E-state index < -0.39 is 83.3 Å². The fourth-order valence-electron chi connectivity index (χ4n) is 14.8. The van der Waals surface area contributed by atoms with Gasteiger partial charge in [-0.2, -0.15) is 0 Å². The summed E-state index contributed by atoms with van der Waals surface area (Å²) in [6, 6.07) is 55.1. The zero-order valence-corrected chi connectivity index (χ0v) is 56.9. The first-order valence-corrected chi connectivity index (χ1v) is 34.8. The number of allylic oxidation sites excluding steroid dienone is 1. The Hall–Kier alpha value is -8.40. The van der Waals surface area contributed by atoms with Crippen LogP contribution in [0.2, 0.25) is 0 Å². The predicted molar refractivity (Wildman–Crippen MR) is 365 cm³/mol. The Morgan fingerprint density at radius 2 is 0.970 bits per heavy atom. The second kappa shape index (κ2) is 34.6. The van der Waals surface area contributed by atoms with Gasteiger partial charge in [0.2, 0.25) is 36.4 Å². The largest absolute Gasteiger partial charge is 0.479 e. The molecule has 528 valence electrons. The molecule has 10 atom stereocenters. The minimum atomic E-state index is -1.72. The normalized spacial score (nSPS) is 27.3. The van der Waals surface area contributed by atoms with E-state index in [1.54, 1.807) is 82.3 Å². The molecule has 99 heavy (non-hydrogen) atoms. The maximum atomic E-state index is 12.5. The molecule has 4 heterocycles. The highest BCUT2D eigenvalue weighted by Gasteiger charge is 2.64. The molecular formula is C80H94O19. The molecule has 0 bridgehead atoms. The maximum Gasteiger partial charge on any atom is 0.349 e. The number of benzene rings is 6. The van der Waals surface area contributed by atoms with Crippen molar-refractivity contribution in [1.82, 2.24) is 0 Å². The van der Waals surface area contributed by atoms with Crippen molar-refractivity contribution < 1.29 is 92.2 Å². The second-order valence-electron chi connectivity index (χ2n) is 26.2. The molecule has 0 aromatic heterocycles. The van der Waals surface area contributed by atoms with Gasteiger partial charge in [0.1, 0.15) is 5.60 Å². The lowest BCUT2D eigenvalue weighted by molar-refractivity contribution is -0.197. The van der Waals surface area contributed by atoms with E-state index in [1.807, 2.05) is 127 Å². The van der Waals surface area contributed by atoms with Crippen LogP contribution < -0.4 is 0 Å². The highest BCUT2D eigenvalue weighted by molar-refractivity contribution is 5.87. The Morgan fingerprint density at radius 1 is 0.495 bits per heavy atom. The zero-order valence-electron chi connectivity index (χ0n) is 56.9. The van der Waals surface area contributed by atoms with Crippen molar-refractivity contribution in [3.63, 3.8) is 0 Å². The Kier molecular flexibility index (Phi) is 26.1. The van der Waals surface area contributed by atoms with E-state index in [0.717, 1.165) is 106 Å². The number of aliphatic hydroxyl groups is 3. The maximum absolute atomic E-state index is 12.5. The number of cyclic esters (lactones) is 4. The number of carboxylic acid groups (broad SMARTS) is 2. The van der Waals surface area contributed by atoms with Crippen LogP contribution in [0.4, 0.5) is 0 Å². The molecule has 0 radical (unpaired) electrons. The number of hydrogen-bond acceptors (Lipinski definition) is 17. The van der Waals surface area contributed by atoms with E-state index >= 15 is 0 Å². The molecule has 19 nitrogen and oxygen atoms in total. The first-order chi connectivity index (χ1) is 47.7. The number of carbonyl (C=O) groups is 6. The first-order valence-electron chi connectivity index (χ1n) is 34.8. The van der Waals surface area contributed by atoms with E-state index in [2.05, 4.69) is 6.08 Å². The van der Waals surface area contributed by atoms with Crippen LogP contribution in [0.3, 0.4) is 0 Å². The molecule has 4 aliphatic carbocycles. The SMILES string of the molecule is CC1OC(=O)[C@@](c2ccccc2)(C2(O)CCCCC2)O1.CC1OC(=O)[C@@](c2ccccc2)(C2CCCCC2)O1.CC1OC(=O)[C@H](c2ccccc2)O1.CC1OC(=O)[C@](C2=CCCCC2)(c2ccccc2)O1.O=C(O)[C@@H](O)c1ccccc1.O=C(O)[C@@](O)(c1ccccc1)C1CCCCC1. The van der Waals surface area contributed by atoms with Crippen molar-refractivity contribution in [3.05, 3.63) is 227 Å². The Morgan fingerprint density at radius 3 is 1.43 bits per heavy atom. The molecule has 0 amide bonds. The molecule has 0 spiro atoms. The monoisotopic (exact) mass is 1360 g/mol. The second-order valence-corrected chi connectivity index (χ2v) is 26.2. The summed E-state index contributed by atoms with van der Waals surface area (Å²) in [6.07, 6.45) is 16.8. The molecule has 19 heteroatoms. The number of hydrogen-bond donors (Lipinski definition) is 5. The lowest BCUT2D eigenvalue weighted by atomic mass is 9.69. The van der Waals surface area contributed by atoms with Crippen molar-refractivity contribution in [2.45, 2.75) is 215 Å². The number of carboxylic acids is 2. The molecular weight excluding hydrogens is 1260 g/mol. The highest BCUT2D eigenvalue weighted by Crippen LogP contribution is 2.51. The molecule has 3 saturated carbocycles. The van der Waals surface area contributed by atoms with Gasteiger partial charge < -0.3 is 63.4 Å². The number of aliphatic hydroxyl groups excluding tert-OH is 1. The van der Waals surface area contributed by atoms with Crippen LogP contribution in [0, 0.1) is 11.8 Å². The molecule has 4 aliphatic heterocycles. The van der Waals surface area contributed by atoms with Crippen LogP contribution in [0.15, 0.2) is 194 Å². The van der Waals surface area contributed by atoms with E-state index in [0.29, 0.717) is 29.5 Å². The number of aliphatic carboxylic acids is 2. The van der Waals surface area contributed by atoms with E-state index in [9.17, 15) is 44.1 Å². The van der Waals surface area contributed by atoms with Crippen molar-refractivity contribution in [3.8, 4) is 0 Å². The minimum Gasteiger partial charge on any atom is -0.479 e. The van der Waals surface area contributed by atoms with Gasteiger partial charge in [-0.25, -0.2) is 28.8 Å². The summed E-state index contributed by atoms with van der Waals surface area (Å²) in [6.45, 7) is 6.97. The number of esters is 4. The quantitative estimate of drug-likeness (QED) is 0.0432. The van der Waals surface area contributed by atoms with Crippen LogP contribution in [0.5, 0.6) is 0 Å². The smallest absolute Gasteiger partial charge is 0.349 e. The number of carbonyl (C=O) groups excluding carboxylic acids is 4. The highest BCUT2D eigenvalue weighted by atomic mass is 16.8. The van der Waals surface area contributed by atoms with Gasteiger partial charge in [0.05, 0.1) is 0 Å². The molecule has 4 unspecified atom stereocenters. The fraction of sp³-hybridized carbons (Fsp3) is 0.450. The van der Waals surface area contributed by atoms with Crippen molar-refractivity contribution in [2.75, 3.05) is 0 Å². The van der Waals surface area contributed by atoms with Crippen LogP contribution >= 0.6 is 0 Å². The number of ether oxygens (including phenoxy) is 8. The van der Waals surface area contributed by atoms with Crippen molar-refractivity contribution in [2.24, 2.45) is 11.8 Å². The van der Waals surface area contributed by atoms with E-state index in [1.165, 1.54) is 25.7 Å². The minimum absolute atomic E-state index is 0.170. The average Bonchev–Trinajstić information content (AvgIpc) is 1.44. The summed E-state index contributed by atoms with van der Waals surface area (Å²) in [4.78, 5) is 70.3. The summed E-state index contributed by atoms with van der Waals surface area (Å²) >= 11 is 0. The molecule has 4 saturated heterocycles. The van der Waals surface area contributed by atoms with Gasteiger partial charge in [0, 0.05) is 11.8 Å². The molecule has 14 rings (SSSR count). The van der Waals surface area contributed by atoms with Crippen LogP contribution in [0.1, 0.15) is 195 Å². The van der Waals surface area contributed by atoms with Crippen LogP contribution in [0.25, 0.3) is 0 Å². The molecule has 5 N–H and O–H groups in total. The standard InChI is InChI=1S/C16H20O4.C16H20O3.C16H18O3.C14H18O3.C10H10O3.C8H8O3/c1-12-19-14(17)16(20-12,13-8-4-2-5-9-13)15(18)10-6-3-7-11-15;2*1-12-18-15(17)16(19-12,13-8-4-2-5-9-13)14-10-6-3-7-11-14;15-13(16)14(17,11-7-3-1-4-8-11)12-9-5-2-6-10-12;1-7-12-9(10(11)13-7)8-5-3-2-4-6-8;9-7(8(10)11)6-4-2-1-3-5-6/h2,4-5,8-9,12,18H,3,6-7,10-11H2,1H3;2,4-5,8-9,12,14H,3,6-7,10-11H2,1H3;2,4-5,8-10,12H,3,6-7,11H2,1H3;1,3-4,7-8,12,17H,2,5-6,9-10H2,(H,15,16);2-7,9H,1H3;1-5,7,9H,(H,10,11)/t3*12?,16-;14-;7?,9-;7-/m011100/s1. The van der Waals surface area contributed by atoms with E-state index in [4.69, 9.17) is 48.1 Å². The first kappa shape index (κ1) is 74.8. The molecule has 7 fully saturated rings. The predicted octanol–water partition coefficient (Wildman–Crippen LogP) is 14.2. The lowest BCUT2D eigenvalue weighted by Crippen LogP contribution is -2.56. The summed E-state index contributed by atoms with van der Waals surface area (Å²) in [5.41, 5.74) is -0.880. The summed E-state index contributed by atoms with van der Waals surface area (Å²) in [7, 11) is 0. The molecule has 6 aromatic carbocycles. The Labute approximate surface area is 579 Å². The van der Waals surface area contributed by atoms with Gasteiger partial charge in [-0.15, -0.1) is 0 Å². The van der Waals surface area contributed by atoms with E-state index in [-0.39, 0.29) is 29.7 Å². The van der Waals surface area contributed by atoms with Gasteiger partial charge in [0.15, 0.2) is 23.4 Å². The third-order valence-corrected chi connectivity index (χ3v) is 19.6. The lowest BCUT2D eigenvalue weighted by Gasteiger charge is -2.43. The zero-order chi connectivity index (χ0) is 70.6. The van der Waals surface area contributed by atoms with Gasteiger partial charge in [-0.05, 0) is 131 Å². The fourth-order valence-corrected chi connectivity index (χ4v) is 14.8. The van der Waals surface area contributed by atoms with Crippen molar-refractivity contribution >= 4 is 35.8 Å². The van der Waals surface area contributed by atoms with Crippen LogP contribution in [-0.4, -0.2) is 92.1 Å².